The number of aliphatic hydroxyl groups excluding tert-OH is 1. The monoisotopic (exact) mass is 390 g/mol. The van der Waals surface area contributed by atoms with Gasteiger partial charge in [-0.1, -0.05) is 32.1 Å². The number of esters is 1. The molecule has 28 heavy (non-hydrogen) atoms. The van der Waals surface area contributed by atoms with E-state index in [4.69, 9.17) is 4.74 Å². The maximum Gasteiger partial charge on any atom is 0.334 e. The van der Waals surface area contributed by atoms with E-state index in [0.717, 1.165) is 25.3 Å². The van der Waals surface area contributed by atoms with Gasteiger partial charge < -0.3 is 14.7 Å². The molecule has 0 heterocycles. The zero-order valence-electron chi connectivity index (χ0n) is 17.6. The van der Waals surface area contributed by atoms with E-state index in [9.17, 15) is 14.7 Å². The van der Waals surface area contributed by atoms with Gasteiger partial charge in [0.1, 0.15) is 11.5 Å². The number of aliphatic hydroxyl groups is 1. The molecule has 2 atom stereocenters. The van der Waals surface area contributed by atoms with Crippen LogP contribution >= 0.6 is 0 Å². The van der Waals surface area contributed by atoms with Crippen LogP contribution in [0.2, 0.25) is 0 Å². The van der Waals surface area contributed by atoms with E-state index < -0.39 is 5.97 Å². The van der Waals surface area contributed by atoms with Crippen molar-refractivity contribution in [3.8, 4) is 0 Å². The van der Waals surface area contributed by atoms with Gasteiger partial charge in [0, 0.05) is 13.6 Å². The number of aliphatic imine (C=N–C) groups is 1. The van der Waals surface area contributed by atoms with Crippen LogP contribution in [0.3, 0.4) is 0 Å². The molecule has 0 aliphatic rings. The Bertz CT molecular complexity index is 620. The van der Waals surface area contributed by atoms with Crippen molar-refractivity contribution in [1.82, 2.24) is 4.90 Å². The van der Waals surface area contributed by atoms with Crippen LogP contribution in [0.4, 0.5) is 0 Å². The second kappa shape index (κ2) is 14.4. The molecule has 0 fully saturated rings. The Morgan fingerprint density at radius 1 is 1.32 bits per heavy atom. The van der Waals surface area contributed by atoms with Gasteiger partial charge in [0.25, 0.3) is 0 Å². The minimum absolute atomic E-state index is 0.0735. The third-order valence-corrected chi connectivity index (χ3v) is 4.07. The lowest BCUT2D eigenvalue weighted by Crippen LogP contribution is -2.29. The first kappa shape index (κ1) is 25.4. The Morgan fingerprint density at radius 2 is 2.00 bits per heavy atom. The normalized spacial score (nSPS) is 14.8. The average molecular weight is 391 g/mol. The highest BCUT2D eigenvalue weighted by atomic mass is 16.5. The third kappa shape index (κ3) is 8.84. The maximum absolute atomic E-state index is 11.7. The lowest BCUT2D eigenvalue weighted by atomic mass is 9.92. The summed E-state index contributed by atoms with van der Waals surface area (Å²) in [4.78, 5) is 29.0. The Balaban J connectivity index is 5.95. The van der Waals surface area contributed by atoms with Crippen molar-refractivity contribution in [3.05, 3.63) is 48.9 Å². The van der Waals surface area contributed by atoms with Crippen molar-refractivity contribution >= 4 is 18.1 Å². The van der Waals surface area contributed by atoms with Crippen molar-refractivity contribution in [2.75, 3.05) is 20.2 Å². The summed E-state index contributed by atoms with van der Waals surface area (Å²) in [7, 11) is 1.50. The zero-order valence-corrected chi connectivity index (χ0v) is 17.6. The summed E-state index contributed by atoms with van der Waals surface area (Å²) >= 11 is 0. The third-order valence-electron chi connectivity index (χ3n) is 4.07. The largest absolute Gasteiger partial charge is 0.505 e. The lowest BCUT2D eigenvalue weighted by Gasteiger charge is -2.24. The van der Waals surface area contributed by atoms with Crippen LogP contribution in [0.15, 0.2) is 53.9 Å². The van der Waals surface area contributed by atoms with E-state index in [2.05, 4.69) is 18.2 Å². The van der Waals surface area contributed by atoms with E-state index in [1.807, 2.05) is 32.1 Å². The lowest BCUT2D eigenvalue weighted by molar-refractivity contribution is -0.137. The molecule has 156 valence electrons. The first-order valence-corrected chi connectivity index (χ1v) is 9.60. The molecular weight excluding hydrogens is 356 g/mol. The van der Waals surface area contributed by atoms with Gasteiger partial charge in [0.2, 0.25) is 6.41 Å². The Morgan fingerprint density at radius 3 is 2.46 bits per heavy atom. The van der Waals surface area contributed by atoms with Crippen molar-refractivity contribution in [1.29, 1.82) is 0 Å². The van der Waals surface area contributed by atoms with Crippen molar-refractivity contribution in [2.24, 2.45) is 16.8 Å². The second-order valence-corrected chi connectivity index (χ2v) is 6.44. The molecule has 6 nitrogen and oxygen atoms in total. The Hall–Kier alpha value is -2.63. The predicted octanol–water partition coefficient (Wildman–Crippen LogP) is 4.22. The quantitative estimate of drug-likeness (QED) is 0.120. The molecule has 0 aromatic carbocycles. The maximum atomic E-state index is 11.7. The highest BCUT2D eigenvalue weighted by Crippen LogP contribution is 2.22. The SMILES string of the molecule is C=CCC(C=C)CC(C)/C=C(\C(=NC)/C(O)=C/C(=O)OCC)N(C=O)CCC. The first-order chi connectivity index (χ1) is 13.4. The molecule has 0 aliphatic heterocycles. The van der Waals surface area contributed by atoms with Gasteiger partial charge in [0.15, 0.2) is 0 Å². The highest BCUT2D eigenvalue weighted by Gasteiger charge is 2.20. The number of rotatable bonds is 14. The van der Waals surface area contributed by atoms with Crippen LogP contribution in [0.1, 0.15) is 40.0 Å². The highest BCUT2D eigenvalue weighted by molar-refractivity contribution is 6.13. The van der Waals surface area contributed by atoms with Crippen molar-refractivity contribution in [3.63, 3.8) is 0 Å². The van der Waals surface area contributed by atoms with Gasteiger partial charge >= 0.3 is 5.97 Å². The number of hydrogen-bond donors (Lipinski definition) is 1. The number of carbonyl (C=O) groups is 2. The molecule has 0 aliphatic carbocycles. The summed E-state index contributed by atoms with van der Waals surface area (Å²) in [6.45, 7) is 13.9. The smallest absolute Gasteiger partial charge is 0.334 e. The molecule has 1 amide bonds. The topological polar surface area (TPSA) is 79.2 Å². The van der Waals surface area contributed by atoms with E-state index in [1.165, 1.54) is 11.9 Å². The minimum atomic E-state index is -0.667. The van der Waals surface area contributed by atoms with E-state index in [1.54, 1.807) is 6.92 Å². The molecular formula is C22H34N2O4. The fraction of sp³-hybridized carbons (Fsp3) is 0.500. The van der Waals surface area contributed by atoms with Gasteiger partial charge in [-0.25, -0.2) is 4.79 Å². The second-order valence-electron chi connectivity index (χ2n) is 6.44. The Labute approximate surface area is 169 Å². The molecule has 0 aromatic heterocycles. The number of hydrogen-bond acceptors (Lipinski definition) is 5. The molecule has 0 radical (unpaired) electrons. The predicted molar refractivity (Wildman–Crippen MR) is 114 cm³/mol. The van der Waals surface area contributed by atoms with Crippen molar-refractivity contribution in [2.45, 2.75) is 40.0 Å². The molecule has 0 rings (SSSR count). The van der Waals surface area contributed by atoms with Gasteiger partial charge in [-0.05, 0) is 38.0 Å². The number of allylic oxidation sites excluding steroid dienone is 3. The number of ether oxygens (including phenoxy) is 1. The number of amides is 1. The number of nitrogens with zero attached hydrogens (tertiary/aromatic N) is 2. The summed E-state index contributed by atoms with van der Waals surface area (Å²) in [5.74, 6) is -0.677. The Kier molecular flexibility index (Phi) is 13.1. The molecule has 6 heteroatoms. The summed E-state index contributed by atoms with van der Waals surface area (Å²) in [6.07, 6.45) is 9.66. The summed E-state index contributed by atoms with van der Waals surface area (Å²) in [5.41, 5.74) is 0.630. The van der Waals surface area contributed by atoms with E-state index in [-0.39, 0.29) is 29.9 Å². The fourth-order valence-corrected chi connectivity index (χ4v) is 2.82. The van der Waals surface area contributed by atoms with Crippen LogP contribution in [-0.4, -0.2) is 48.3 Å². The van der Waals surface area contributed by atoms with Crippen molar-refractivity contribution < 1.29 is 19.4 Å². The zero-order chi connectivity index (χ0) is 21.5. The fourth-order valence-electron chi connectivity index (χ4n) is 2.82. The first-order valence-electron chi connectivity index (χ1n) is 9.60. The van der Waals surface area contributed by atoms with Crippen LogP contribution < -0.4 is 0 Å². The average Bonchev–Trinajstić information content (AvgIpc) is 2.65. The summed E-state index contributed by atoms with van der Waals surface area (Å²) < 4.78 is 4.84. The molecule has 1 N–H and O–H groups in total. The van der Waals surface area contributed by atoms with Gasteiger partial charge in [-0.2, -0.15) is 0 Å². The molecule has 2 unspecified atom stereocenters. The molecule has 0 bridgehead atoms. The van der Waals surface area contributed by atoms with Gasteiger partial charge in [-0.3, -0.25) is 9.79 Å². The summed E-state index contributed by atoms with van der Waals surface area (Å²) in [5, 5.41) is 10.4. The number of carbonyl (C=O) groups excluding carboxylic acids is 2. The van der Waals surface area contributed by atoms with Gasteiger partial charge in [0.05, 0.1) is 18.4 Å². The van der Waals surface area contributed by atoms with Crippen LogP contribution in [0.5, 0.6) is 0 Å². The molecule has 0 spiro atoms. The van der Waals surface area contributed by atoms with E-state index in [0.29, 0.717) is 18.7 Å². The van der Waals surface area contributed by atoms with Crippen LogP contribution in [0.25, 0.3) is 0 Å². The van der Waals surface area contributed by atoms with Crippen LogP contribution in [-0.2, 0) is 14.3 Å². The minimum Gasteiger partial charge on any atom is -0.505 e. The van der Waals surface area contributed by atoms with Gasteiger partial charge in [-0.15, -0.1) is 13.2 Å². The molecule has 0 saturated carbocycles. The molecule has 0 saturated heterocycles. The summed E-state index contributed by atoms with van der Waals surface area (Å²) in [6, 6.07) is 0. The standard InChI is InChI=1S/C22H34N2O4/c1-7-11-18(9-3)13-17(5)14-19(24(16-25)12-8-2)22(23-6)20(26)15-21(27)28-10-4/h7,9,14-18,26H,1,3,8,10-13H2,2,4-6H3/b19-14+,20-15-,23-22?. The molecule has 0 aromatic rings. The van der Waals surface area contributed by atoms with Crippen LogP contribution in [0, 0.1) is 11.8 Å². The van der Waals surface area contributed by atoms with E-state index >= 15 is 0 Å².